The van der Waals surface area contributed by atoms with Gasteiger partial charge in [0.15, 0.2) is 5.82 Å². The molecule has 4 nitrogen and oxygen atoms in total. The fraction of sp³-hybridized carbons (Fsp3) is 0.818. The third kappa shape index (κ3) is 2.78. The zero-order chi connectivity index (χ0) is 10.9. The predicted octanol–water partition coefficient (Wildman–Crippen LogP) is 1.48. The summed E-state index contributed by atoms with van der Waals surface area (Å²) in [4.78, 5) is 4.20. The number of aromatic nitrogens is 3. The molecule has 84 valence electrons. The van der Waals surface area contributed by atoms with Gasteiger partial charge in [-0.3, -0.25) is 4.68 Å². The zero-order valence-corrected chi connectivity index (χ0v) is 9.82. The number of nitrogens with one attached hydrogen (secondary N) is 1. The van der Waals surface area contributed by atoms with Crippen molar-refractivity contribution in [3.63, 3.8) is 0 Å². The monoisotopic (exact) mass is 208 g/mol. The molecule has 1 saturated carbocycles. The molecule has 0 spiro atoms. The van der Waals surface area contributed by atoms with E-state index in [-0.39, 0.29) is 0 Å². The van der Waals surface area contributed by atoms with Crippen molar-refractivity contribution in [3.05, 3.63) is 12.2 Å². The molecule has 0 radical (unpaired) electrons. The summed E-state index contributed by atoms with van der Waals surface area (Å²) >= 11 is 0. The third-order valence-electron chi connectivity index (χ3n) is 3.16. The lowest BCUT2D eigenvalue weighted by Crippen LogP contribution is -2.27. The van der Waals surface area contributed by atoms with Crippen molar-refractivity contribution in [1.29, 1.82) is 0 Å². The molecule has 4 heteroatoms. The van der Waals surface area contributed by atoms with Gasteiger partial charge in [-0.15, -0.1) is 0 Å². The molecule has 1 N–H and O–H groups in total. The maximum atomic E-state index is 4.25. The van der Waals surface area contributed by atoms with E-state index < -0.39 is 0 Å². The summed E-state index contributed by atoms with van der Waals surface area (Å²) in [5, 5.41) is 7.78. The van der Waals surface area contributed by atoms with Gasteiger partial charge < -0.3 is 5.32 Å². The van der Waals surface area contributed by atoms with Crippen LogP contribution < -0.4 is 5.32 Å². The first-order valence-corrected chi connectivity index (χ1v) is 5.63. The topological polar surface area (TPSA) is 42.7 Å². The molecule has 0 aliphatic heterocycles. The minimum Gasteiger partial charge on any atom is -0.307 e. The second-order valence-corrected chi connectivity index (χ2v) is 5.32. The summed E-state index contributed by atoms with van der Waals surface area (Å²) < 4.78 is 1.75. The van der Waals surface area contributed by atoms with Crippen LogP contribution >= 0.6 is 0 Å². The van der Waals surface area contributed by atoms with Crippen LogP contribution in [0.2, 0.25) is 0 Å². The van der Waals surface area contributed by atoms with Crippen molar-refractivity contribution in [2.75, 3.05) is 0 Å². The maximum Gasteiger partial charge on any atom is 0.164 e. The van der Waals surface area contributed by atoms with Crippen molar-refractivity contribution < 1.29 is 0 Å². The number of hydrogen-bond donors (Lipinski definition) is 1. The SMILES string of the molecule is Cn1cnc(CNC2CCC(C)(C)C2)n1. The summed E-state index contributed by atoms with van der Waals surface area (Å²) in [6.07, 6.45) is 5.61. The van der Waals surface area contributed by atoms with Crippen LogP contribution in [0.25, 0.3) is 0 Å². The molecule has 1 heterocycles. The normalized spacial score (nSPS) is 24.6. The molecular weight excluding hydrogens is 188 g/mol. The minimum atomic E-state index is 0.509. The van der Waals surface area contributed by atoms with Gasteiger partial charge in [0.2, 0.25) is 0 Å². The Labute approximate surface area is 91.1 Å². The number of nitrogens with zero attached hydrogens (tertiary/aromatic N) is 3. The average Bonchev–Trinajstić information content (AvgIpc) is 2.69. The van der Waals surface area contributed by atoms with Crippen LogP contribution in [0, 0.1) is 5.41 Å². The van der Waals surface area contributed by atoms with Crippen LogP contribution in [0.5, 0.6) is 0 Å². The van der Waals surface area contributed by atoms with E-state index in [1.807, 2.05) is 7.05 Å². The molecule has 1 aromatic heterocycles. The van der Waals surface area contributed by atoms with Gasteiger partial charge in [0.25, 0.3) is 0 Å². The van der Waals surface area contributed by atoms with Gasteiger partial charge in [0.05, 0.1) is 6.54 Å². The summed E-state index contributed by atoms with van der Waals surface area (Å²) in [5.41, 5.74) is 0.509. The highest BCUT2D eigenvalue weighted by Crippen LogP contribution is 2.36. The van der Waals surface area contributed by atoms with E-state index in [1.165, 1.54) is 19.3 Å². The Morgan fingerprint density at radius 2 is 2.40 bits per heavy atom. The number of hydrogen-bond acceptors (Lipinski definition) is 3. The van der Waals surface area contributed by atoms with Crippen LogP contribution in [-0.4, -0.2) is 20.8 Å². The summed E-state index contributed by atoms with van der Waals surface area (Å²) in [6, 6.07) is 0.642. The summed E-state index contributed by atoms with van der Waals surface area (Å²) in [5.74, 6) is 0.891. The fourth-order valence-electron chi connectivity index (χ4n) is 2.31. The molecule has 15 heavy (non-hydrogen) atoms. The third-order valence-corrected chi connectivity index (χ3v) is 3.16. The highest BCUT2D eigenvalue weighted by molar-refractivity contribution is 4.88. The second-order valence-electron chi connectivity index (χ2n) is 5.32. The van der Waals surface area contributed by atoms with E-state index in [1.54, 1.807) is 11.0 Å². The highest BCUT2D eigenvalue weighted by atomic mass is 15.3. The van der Waals surface area contributed by atoms with E-state index >= 15 is 0 Å². The zero-order valence-electron chi connectivity index (χ0n) is 9.82. The minimum absolute atomic E-state index is 0.509. The maximum absolute atomic E-state index is 4.25. The molecule has 0 bridgehead atoms. The Balaban J connectivity index is 1.80. The second kappa shape index (κ2) is 3.93. The van der Waals surface area contributed by atoms with Crippen molar-refractivity contribution in [1.82, 2.24) is 20.1 Å². The molecule has 1 unspecified atom stereocenters. The summed E-state index contributed by atoms with van der Waals surface area (Å²) in [6.45, 7) is 5.48. The Bertz CT molecular complexity index is 329. The standard InChI is InChI=1S/C11H20N4/c1-11(2)5-4-9(6-11)12-7-10-13-8-15(3)14-10/h8-9,12H,4-7H2,1-3H3. The molecule has 0 amide bonds. The van der Waals surface area contributed by atoms with Crippen molar-refractivity contribution in [2.24, 2.45) is 12.5 Å². The Morgan fingerprint density at radius 1 is 1.60 bits per heavy atom. The van der Waals surface area contributed by atoms with Crippen molar-refractivity contribution >= 4 is 0 Å². The lowest BCUT2D eigenvalue weighted by atomic mass is 9.92. The van der Waals surface area contributed by atoms with E-state index in [0.29, 0.717) is 11.5 Å². The van der Waals surface area contributed by atoms with Gasteiger partial charge in [0.1, 0.15) is 6.33 Å². The largest absolute Gasteiger partial charge is 0.307 e. The Hall–Kier alpha value is -0.900. The van der Waals surface area contributed by atoms with Gasteiger partial charge in [-0.2, -0.15) is 5.10 Å². The molecule has 1 aliphatic carbocycles. The van der Waals surface area contributed by atoms with E-state index in [2.05, 4.69) is 29.2 Å². The van der Waals surface area contributed by atoms with E-state index in [4.69, 9.17) is 0 Å². The Kier molecular flexibility index (Phi) is 2.78. The molecule has 1 aliphatic rings. The van der Waals surface area contributed by atoms with Crippen LogP contribution in [0.4, 0.5) is 0 Å². The first-order valence-electron chi connectivity index (χ1n) is 5.63. The molecule has 0 saturated heterocycles. The van der Waals surface area contributed by atoms with E-state index in [0.717, 1.165) is 12.4 Å². The first kappa shape index (κ1) is 10.6. The first-order chi connectivity index (χ1) is 7.05. The van der Waals surface area contributed by atoms with Crippen molar-refractivity contribution in [3.8, 4) is 0 Å². The van der Waals surface area contributed by atoms with Gasteiger partial charge in [-0.05, 0) is 24.7 Å². The van der Waals surface area contributed by atoms with Crippen LogP contribution in [0.3, 0.4) is 0 Å². The van der Waals surface area contributed by atoms with E-state index in [9.17, 15) is 0 Å². The molecule has 2 rings (SSSR count). The van der Waals surface area contributed by atoms with Crippen LogP contribution in [0.15, 0.2) is 6.33 Å². The molecule has 0 aromatic carbocycles. The summed E-state index contributed by atoms with van der Waals surface area (Å²) in [7, 11) is 1.90. The lowest BCUT2D eigenvalue weighted by Gasteiger charge is -2.17. The van der Waals surface area contributed by atoms with Crippen LogP contribution in [0.1, 0.15) is 38.9 Å². The molecule has 1 fully saturated rings. The quantitative estimate of drug-likeness (QED) is 0.818. The fourth-order valence-corrected chi connectivity index (χ4v) is 2.31. The lowest BCUT2D eigenvalue weighted by molar-refractivity contribution is 0.363. The highest BCUT2D eigenvalue weighted by Gasteiger charge is 2.30. The molecule has 1 aromatic rings. The molecule has 1 atom stereocenters. The van der Waals surface area contributed by atoms with Gasteiger partial charge in [-0.1, -0.05) is 13.8 Å². The number of aryl methyl sites for hydroxylation is 1. The van der Waals surface area contributed by atoms with Crippen molar-refractivity contribution in [2.45, 2.75) is 45.7 Å². The van der Waals surface area contributed by atoms with Gasteiger partial charge >= 0.3 is 0 Å². The molecular formula is C11H20N4. The smallest absolute Gasteiger partial charge is 0.164 e. The van der Waals surface area contributed by atoms with Gasteiger partial charge in [0, 0.05) is 13.1 Å². The predicted molar refractivity (Wildman–Crippen MR) is 59.3 cm³/mol. The number of rotatable bonds is 3. The average molecular weight is 208 g/mol. The Morgan fingerprint density at radius 3 is 2.93 bits per heavy atom. The van der Waals surface area contributed by atoms with Gasteiger partial charge in [-0.25, -0.2) is 4.98 Å². The van der Waals surface area contributed by atoms with Crippen LogP contribution in [-0.2, 0) is 13.6 Å².